The van der Waals surface area contributed by atoms with Gasteiger partial charge in [0.05, 0.1) is 59.3 Å². The number of hydrogen-bond donors (Lipinski definition) is 0. The summed E-state index contributed by atoms with van der Waals surface area (Å²) in [5.41, 5.74) is 3.99. The number of hydrogen-bond acceptors (Lipinski definition) is 15. The van der Waals surface area contributed by atoms with E-state index in [9.17, 15) is 18.4 Å². The van der Waals surface area contributed by atoms with E-state index in [0.717, 1.165) is 45.4 Å². The van der Waals surface area contributed by atoms with Crippen LogP contribution in [0.4, 0.5) is 35.4 Å². The molecule has 3 aliphatic heterocycles. The Morgan fingerprint density at radius 1 is 0.672 bits per heavy atom. The second-order valence-corrected chi connectivity index (χ2v) is 14.4. The van der Waals surface area contributed by atoms with E-state index in [-0.39, 0.29) is 32.1 Å². The molecule has 3 aliphatic rings. The number of carbonyl (C=O) groups is 2. The van der Waals surface area contributed by atoms with Crippen molar-refractivity contribution in [3.63, 3.8) is 0 Å². The van der Waals surface area contributed by atoms with Gasteiger partial charge < -0.3 is 28.4 Å². The Hall–Kier alpha value is -6.80. The first-order valence-electron chi connectivity index (χ1n) is 17.8. The molecule has 2 saturated heterocycles. The van der Waals surface area contributed by atoms with Gasteiger partial charge in [-0.1, -0.05) is 0 Å². The van der Waals surface area contributed by atoms with E-state index >= 15 is 0 Å². The average Bonchev–Trinajstić information content (AvgIpc) is 4.09. The minimum atomic E-state index is -0.542. The maximum absolute atomic E-state index is 14.9. The first-order valence-corrected chi connectivity index (χ1v) is 19.3. The molecule has 20 heteroatoms. The van der Waals surface area contributed by atoms with Crippen molar-refractivity contribution in [2.75, 3.05) is 41.0 Å². The van der Waals surface area contributed by atoms with Crippen LogP contribution in [0, 0.1) is 11.6 Å². The number of ether oxygens (including phenoxy) is 4. The Kier molecular flexibility index (Phi) is 10.1. The molecule has 0 spiro atoms. The van der Waals surface area contributed by atoms with Crippen LogP contribution < -0.4 is 24.2 Å². The zero-order valence-electron chi connectivity index (χ0n) is 30.1. The summed E-state index contributed by atoms with van der Waals surface area (Å²) < 4.78 is 68.5. The molecule has 0 N–H and O–H groups in total. The van der Waals surface area contributed by atoms with Crippen LogP contribution >= 0.6 is 23.5 Å². The van der Waals surface area contributed by atoms with E-state index in [0.29, 0.717) is 47.6 Å². The SMILES string of the molecule is O=C1O[C@@H](COc2cnsn2)CN1c1ccc(-n2cc3ccncc3c2)c(F)c1.O=C1O[C@@H](COc2cnsn2)CN1c1ccc(N2Cc3ccncc3C2)c(F)c1. The minimum absolute atomic E-state index is 0.151. The highest BCUT2D eigenvalue weighted by molar-refractivity contribution is 6.99. The van der Waals surface area contributed by atoms with E-state index < -0.39 is 30.2 Å². The summed E-state index contributed by atoms with van der Waals surface area (Å²) in [4.78, 5) is 37.4. The summed E-state index contributed by atoms with van der Waals surface area (Å²) in [5, 5.41) is 1.88. The summed E-state index contributed by atoms with van der Waals surface area (Å²) >= 11 is 2.07. The Morgan fingerprint density at radius 3 is 1.81 bits per heavy atom. The number of rotatable bonds is 10. The summed E-state index contributed by atoms with van der Waals surface area (Å²) in [5.74, 6) is -0.0583. The fraction of sp³-hybridized carbons (Fsp3) is 0.211. The van der Waals surface area contributed by atoms with Crippen molar-refractivity contribution >= 4 is 63.5 Å². The molecule has 7 aromatic rings. The third kappa shape index (κ3) is 7.78. The Morgan fingerprint density at radius 2 is 1.24 bits per heavy atom. The highest BCUT2D eigenvalue weighted by Gasteiger charge is 2.35. The van der Waals surface area contributed by atoms with Crippen molar-refractivity contribution in [1.29, 1.82) is 0 Å². The van der Waals surface area contributed by atoms with Gasteiger partial charge in [-0.05, 0) is 59.7 Å². The minimum Gasteiger partial charge on any atom is -0.472 e. The molecule has 0 saturated carbocycles. The molecule has 0 aliphatic carbocycles. The van der Waals surface area contributed by atoms with Gasteiger partial charge in [-0.25, -0.2) is 18.4 Å². The molecule has 0 radical (unpaired) electrons. The second-order valence-electron chi connectivity index (χ2n) is 13.3. The van der Waals surface area contributed by atoms with Crippen molar-refractivity contribution in [3.05, 3.63) is 121 Å². The van der Waals surface area contributed by atoms with Gasteiger partial charge in [-0.3, -0.25) is 19.8 Å². The van der Waals surface area contributed by atoms with Crippen LogP contribution in [0.3, 0.4) is 0 Å². The molecule has 2 fully saturated rings. The van der Waals surface area contributed by atoms with Crippen molar-refractivity contribution in [2.45, 2.75) is 25.3 Å². The van der Waals surface area contributed by atoms with Gasteiger partial charge in [-0.15, -0.1) is 8.75 Å². The van der Waals surface area contributed by atoms with Crippen molar-refractivity contribution in [3.8, 4) is 17.4 Å². The van der Waals surface area contributed by atoms with Crippen LogP contribution in [0.2, 0.25) is 0 Å². The molecule has 10 rings (SSSR count). The molecular weight excluding hydrogens is 795 g/mol. The van der Waals surface area contributed by atoms with Crippen LogP contribution in [-0.2, 0) is 22.6 Å². The maximum atomic E-state index is 14.9. The number of aromatic nitrogens is 7. The van der Waals surface area contributed by atoms with Crippen LogP contribution in [-0.4, -0.2) is 82.7 Å². The number of carbonyl (C=O) groups excluding carboxylic acids is 2. The first-order chi connectivity index (χ1) is 28.3. The smallest absolute Gasteiger partial charge is 0.414 e. The molecule has 58 heavy (non-hydrogen) atoms. The largest absolute Gasteiger partial charge is 0.472 e. The predicted molar refractivity (Wildman–Crippen MR) is 208 cm³/mol. The molecule has 8 heterocycles. The van der Waals surface area contributed by atoms with Gasteiger partial charge in [0.2, 0.25) is 11.8 Å². The number of benzene rings is 2. The normalized spacial score (nSPS) is 17.2. The van der Waals surface area contributed by atoms with E-state index in [1.54, 1.807) is 47.4 Å². The zero-order chi connectivity index (χ0) is 39.6. The van der Waals surface area contributed by atoms with Crippen LogP contribution in [0.1, 0.15) is 11.1 Å². The number of fused-ring (bicyclic) bond motifs is 2. The number of halogens is 2. The van der Waals surface area contributed by atoms with Gasteiger partial charge in [0, 0.05) is 61.0 Å². The summed E-state index contributed by atoms with van der Waals surface area (Å²) in [6.45, 7) is 2.08. The summed E-state index contributed by atoms with van der Waals surface area (Å²) in [7, 11) is 0. The Bertz CT molecular complexity index is 2520. The third-order valence-corrected chi connectivity index (χ3v) is 10.5. The summed E-state index contributed by atoms with van der Waals surface area (Å²) in [6.07, 6.45) is 11.6. The van der Waals surface area contributed by atoms with Gasteiger partial charge in [0.1, 0.15) is 37.2 Å². The first kappa shape index (κ1) is 36.8. The van der Waals surface area contributed by atoms with Crippen LogP contribution in [0.5, 0.6) is 11.8 Å². The molecule has 0 bridgehead atoms. The highest BCUT2D eigenvalue weighted by Crippen LogP contribution is 2.33. The molecule has 2 aromatic carbocycles. The number of cyclic esters (lactones) is 2. The van der Waals surface area contributed by atoms with Gasteiger partial charge in [-0.2, -0.15) is 8.75 Å². The lowest BCUT2D eigenvalue weighted by atomic mass is 10.2. The Balaban J connectivity index is 0.000000150. The topological polar surface area (TPSA) is 163 Å². The maximum Gasteiger partial charge on any atom is 0.414 e. The van der Waals surface area contributed by atoms with Crippen LogP contribution in [0.25, 0.3) is 16.5 Å². The quantitative estimate of drug-likeness (QED) is 0.149. The lowest BCUT2D eigenvalue weighted by Crippen LogP contribution is -2.27. The van der Waals surface area contributed by atoms with Crippen molar-refractivity contribution in [1.82, 2.24) is 32.0 Å². The second kappa shape index (κ2) is 16.0. The number of pyridine rings is 2. The van der Waals surface area contributed by atoms with Crippen molar-refractivity contribution < 1.29 is 37.3 Å². The predicted octanol–water partition coefficient (Wildman–Crippen LogP) is 6.42. The molecule has 0 unspecified atom stereocenters. The molecular formula is C38H30F2N10O6S2. The highest BCUT2D eigenvalue weighted by atomic mass is 32.1. The Labute approximate surface area is 336 Å². The van der Waals surface area contributed by atoms with E-state index in [1.165, 1.54) is 34.3 Å². The lowest BCUT2D eigenvalue weighted by molar-refractivity contribution is 0.103. The lowest BCUT2D eigenvalue weighted by Gasteiger charge is -2.20. The standard InChI is InChI=1S/C19H16FN5O3S.C19H14FN5O3S/c2*20-16-5-14(1-2-17(16)24-8-12-3-4-21-6-13(12)9-24)25-10-15(28-19(25)26)11-27-18-7-22-29-23-18/h1-7,15H,8-11H2;1-9,15H,10-11H2/t2*15-/m11/s1. The van der Waals surface area contributed by atoms with Crippen molar-refractivity contribution in [2.24, 2.45) is 0 Å². The molecule has 16 nitrogen and oxygen atoms in total. The number of nitrogens with zero attached hydrogens (tertiary/aromatic N) is 10. The molecule has 5 aromatic heterocycles. The van der Waals surface area contributed by atoms with Gasteiger partial charge in [0.15, 0.2) is 12.2 Å². The van der Waals surface area contributed by atoms with E-state index in [2.05, 4.69) is 27.5 Å². The van der Waals surface area contributed by atoms with E-state index in [4.69, 9.17) is 18.9 Å². The monoisotopic (exact) mass is 824 g/mol. The average molecular weight is 825 g/mol. The van der Waals surface area contributed by atoms with E-state index in [1.807, 2.05) is 35.6 Å². The molecule has 294 valence electrons. The fourth-order valence-corrected chi connectivity index (χ4v) is 7.47. The third-order valence-electron chi connectivity index (χ3n) is 9.54. The van der Waals surface area contributed by atoms with Crippen LogP contribution in [0.15, 0.2) is 98.1 Å². The molecule has 2 atom stereocenters. The number of anilines is 3. The fourth-order valence-electron chi connectivity index (χ4n) is 6.74. The van der Waals surface area contributed by atoms with Gasteiger partial charge in [0.25, 0.3) is 0 Å². The summed E-state index contributed by atoms with van der Waals surface area (Å²) in [6, 6.07) is 13.3. The zero-order valence-corrected chi connectivity index (χ0v) is 31.8. The number of amides is 2. The van der Waals surface area contributed by atoms with Gasteiger partial charge >= 0.3 is 12.2 Å². The molecule has 2 amide bonds.